The molecule has 1 heterocycles. The zero-order chi connectivity index (χ0) is 11.8. The Morgan fingerprint density at radius 3 is 3.06 bits per heavy atom. The van der Waals surface area contributed by atoms with Crippen LogP contribution in [0.15, 0.2) is 10.5 Å². The van der Waals surface area contributed by atoms with Gasteiger partial charge in [-0.1, -0.05) is 22.4 Å². The van der Waals surface area contributed by atoms with Gasteiger partial charge in [0.1, 0.15) is 5.75 Å². The Labute approximate surface area is 111 Å². The molecule has 1 aromatic carbocycles. The molecular formula is C14H18BrNO. The van der Waals surface area contributed by atoms with Crippen LogP contribution in [0.1, 0.15) is 42.0 Å². The number of halogens is 1. The molecule has 2 nitrogen and oxygen atoms in total. The predicted octanol–water partition coefficient (Wildman–Crippen LogP) is 3.37. The van der Waals surface area contributed by atoms with Gasteiger partial charge < -0.3 is 10.1 Å². The smallest absolute Gasteiger partial charge is 0.126 e. The van der Waals surface area contributed by atoms with Crippen molar-refractivity contribution in [2.75, 3.05) is 13.7 Å². The van der Waals surface area contributed by atoms with Crippen LogP contribution >= 0.6 is 15.9 Å². The Morgan fingerprint density at radius 2 is 2.24 bits per heavy atom. The Kier molecular flexibility index (Phi) is 3.14. The molecule has 1 aromatic rings. The van der Waals surface area contributed by atoms with Crippen LogP contribution in [0.2, 0.25) is 0 Å². The SMILES string of the molecule is CNC1CCCCc2c3c(cc(Br)c21)CCO3. The quantitative estimate of drug-likeness (QED) is 0.802. The average Bonchev–Trinajstić information content (AvgIpc) is 2.67. The van der Waals surface area contributed by atoms with Crippen molar-refractivity contribution in [3.05, 3.63) is 27.2 Å². The predicted molar refractivity (Wildman–Crippen MR) is 72.7 cm³/mol. The summed E-state index contributed by atoms with van der Waals surface area (Å²) in [5, 5.41) is 3.45. The Balaban J connectivity index is 2.18. The van der Waals surface area contributed by atoms with Gasteiger partial charge in [0.25, 0.3) is 0 Å². The van der Waals surface area contributed by atoms with E-state index < -0.39 is 0 Å². The topological polar surface area (TPSA) is 21.3 Å². The molecule has 2 aliphatic rings. The van der Waals surface area contributed by atoms with Crippen molar-refractivity contribution in [1.29, 1.82) is 0 Å². The molecule has 3 rings (SSSR count). The molecule has 92 valence electrons. The second-order valence-electron chi connectivity index (χ2n) is 4.92. The third kappa shape index (κ3) is 1.89. The minimum Gasteiger partial charge on any atom is -0.493 e. The van der Waals surface area contributed by atoms with Crippen molar-refractivity contribution in [3.63, 3.8) is 0 Å². The van der Waals surface area contributed by atoms with Crippen LogP contribution < -0.4 is 10.1 Å². The molecule has 0 aromatic heterocycles. The first-order valence-corrected chi connectivity index (χ1v) is 7.24. The number of hydrogen-bond acceptors (Lipinski definition) is 2. The van der Waals surface area contributed by atoms with Crippen LogP contribution in [0, 0.1) is 0 Å². The number of ether oxygens (including phenoxy) is 1. The third-order valence-corrected chi connectivity index (χ3v) is 4.59. The molecule has 0 bridgehead atoms. The first-order chi connectivity index (χ1) is 8.31. The van der Waals surface area contributed by atoms with Gasteiger partial charge in [0, 0.05) is 22.5 Å². The van der Waals surface area contributed by atoms with Crippen LogP contribution in [-0.2, 0) is 12.8 Å². The molecule has 1 aliphatic carbocycles. The van der Waals surface area contributed by atoms with E-state index in [1.165, 1.54) is 46.2 Å². The number of hydrogen-bond donors (Lipinski definition) is 1. The van der Waals surface area contributed by atoms with E-state index in [2.05, 4.69) is 34.4 Å². The van der Waals surface area contributed by atoms with Gasteiger partial charge in [-0.25, -0.2) is 0 Å². The summed E-state index contributed by atoms with van der Waals surface area (Å²) >= 11 is 3.76. The fourth-order valence-corrected chi connectivity index (χ4v) is 3.89. The third-order valence-electron chi connectivity index (χ3n) is 3.93. The molecule has 0 radical (unpaired) electrons. The van der Waals surface area contributed by atoms with E-state index in [-0.39, 0.29) is 0 Å². The summed E-state index contributed by atoms with van der Waals surface area (Å²) in [6.45, 7) is 0.850. The maximum Gasteiger partial charge on any atom is 0.126 e. The number of benzene rings is 1. The van der Waals surface area contributed by atoms with E-state index >= 15 is 0 Å². The standard InChI is InChI=1S/C14H18BrNO/c1-16-12-5-3-2-4-10-13(12)11(15)8-9-6-7-17-14(9)10/h8,12,16H,2-7H2,1H3. The summed E-state index contributed by atoms with van der Waals surface area (Å²) in [7, 11) is 2.06. The van der Waals surface area contributed by atoms with E-state index in [9.17, 15) is 0 Å². The van der Waals surface area contributed by atoms with Gasteiger partial charge in [-0.3, -0.25) is 0 Å². The molecule has 3 heteroatoms. The van der Waals surface area contributed by atoms with Crippen LogP contribution in [0.5, 0.6) is 5.75 Å². The Bertz CT molecular complexity index is 444. The second kappa shape index (κ2) is 4.62. The highest BCUT2D eigenvalue weighted by atomic mass is 79.9. The molecule has 1 aliphatic heterocycles. The van der Waals surface area contributed by atoms with E-state index in [0.717, 1.165) is 19.4 Å². The first kappa shape index (κ1) is 11.5. The van der Waals surface area contributed by atoms with Crippen LogP contribution in [0.4, 0.5) is 0 Å². The molecule has 0 saturated carbocycles. The van der Waals surface area contributed by atoms with Crippen LogP contribution in [0.3, 0.4) is 0 Å². The summed E-state index contributed by atoms with van der Waals surface area (Å²) in [6, 6.07) is 2.73. The van der Waals surface area contributed by atoms with Crippen molar-refractivity contribution in [2.24, 2.45) is 0 Å². The lowest BCUT2D eigenvalue weighted by Crippen LogP contribution is -2.17. The van der Waals surface area contributed by atoms with Crippen molar-refractivity contribution >= 4 is 15.9 Å². The van der Waals surface area contributed by atoms with E-state index in [1.54, 1.807) is 0 Å². The Morgan fingerprint density at radius 1 is 1.35 bits per heavy atom. The molecule has 1 N–H and O–H groups in total. The molecule has 1 atom stereocenters. The largest absolute Gasteiger partial charge is 0.493 e. The van der Waals surface area contributed by atoms with Gasteiger partial charge in [-0.05, 0) is 43.5 Å². The highest BCUT2D eigenvalue weighted by Crippen LogP contribution is 2.42. The monoisotopic (exact) mass is 295 g/mol. The van der Waals surface area contributed by atoms with Crippen molar-refractivity contribution < 1.29 is 4.74 Å². The summed E-state index contributed by atoms with van der Waals surface area (Å²) in [5.74, 6) is 1.19. The van der Waals surface area contributed by atoms with E-state index in [1.807, 2.05) is 0 Å². The number of fused-ring (bicyclic) bond motifs is 3. The summed E-state index contributed by atoms with van der Waals surface area (Å²) in [5.41, 5.74) is 4.27. The van der Waals surface area contributed by atoms with Crippen molar-refractivity contribution in [3.8, 4) is 5.75 Å². The lowest BCUT2D eigenvalue weighted by atomic mass is 9.95. The maximum absolute atomic E-state index is 5.85. The fourth-order valence-electron chi connectivity index (χ4n) is 3.09. The lowest BCUT2D eigenvalue weighted by molar-refractivity contribution is 0.352. The summed E-state index contributed by atoms with van der Waals surface area (Å²) in [6.07, 6.45) is 6.01. The van der Waals surface area contributed by atoms with Gasteiger partial charge in [-0.15, -0.1) is 0 Å². The molecule has 1 unspecified atom stereocenters. The molecule has 17 heavy (non-hydrogen) atoms. The van der Waals surface area contributed by atoms with E-state index in [4.69, 9.17) is 4.74 Å². The zero-order valence-corrected chi connectivity index (χ0v) is 11.8. The average molecular weight is 296 g/mol. The van der Waals surface area contributed by atoms with E-state index in [0.29, 0.717) is 6.04 Å². The van der Waals surface area contributed by atoms with Gasteiger partial charge in [0.2, 0.25) is 0 Å². The highest BCUT2D eigenvalue weighted by Gasteiger charge is 2.27. The molecular weight excluding hydrogens is 278 g/mol. The molecule has 0 saturated heterocycles. The summed E-state index contributed by atoms with van der Waals surface area (Å²) < 4.78 is 7.11. The van der Waals surface area contributed by atoms with Crippen LogP contribution in [-0.4, -0.2) is 13.7 Å². The zero-order valence-electron chi connectivity index (χ0n) is 10.2. The normalized spacial score (nSPS) is 22.6. The number of nitrogens with one attached hydrogen (secondary N) is 1. The highest BCUT2D eigenvalue weighted by molar-refractivity contribution is 9.10. The molecule has 0 spiro atoms. The molecule has 0 amide bonds. The second-order valence-corrected chi connectivity index (χ2v) is 5.78. The fraction of sp³-hybridized carbons (Fsp3) is 0.571. The van der Waals surface area contributed by atoms with Gasteiger partial charge in [-0.2, -0.15) is 0 Å². The minimum absolute atomic E-state index is 0.469. The van der Waals surface area contributed by atoms with Gasteiger partial charge in [0.05, 0.1) is 6.61 Å². The Hall–Kier alpha value is -0.540. The first-order valence-electron chi connectivity index (χ1n) is 6.45. The van der Waals surface area contributed by atoms with Crippen molar-refractivity contribution in [1.82, 2.24) is 5.32 Å². The summed E-state index contributed by atoms with van der Waals surface area (Å²) in [4.78, 5) is 0. The minimum atomic E-state index is 0.469. The number of rotatable bonds is 1. The van der Waals surface area contributed by atoms with Crippen molar-refractivity contribution in [2.45, 2.75) is 38.1 Å². The lowest BCUT2D eigenvalue weighted by Gasteiger charge is -2.20. The molecule has 0 fully saturated rings. The van der Waals surface area contributed by atoms with Crippen LogP contribution in [0.25, 0.3) is 0 Å². The van der Waals surface area contributed by atoms with Gasteiger partial charge >= 0.3 is 0 Å². The van der Waals surface area contributed by atoms with Gasteiger partial charge in [0.15, 0.2) is 0 Å². The maximum atomic E-state index is 5.85.